The van der Waals surface area contributed by atoms with Gasteiger partial charge in [0.05, 0.1) is 5.57 Å². The minimum atomic E-state index is -1.81. The van der Waals surface area contributed by atoms with E-state index in [1.165, 1.54) is 0 Å². The van der Waals surface area contributed by atoms with E-state index >= 15 is 0 Å². The zero-order valence-corrected chi connectivity index (χ0v) is 18.4. The van der Waals surface area contributed by atoms with Crippen molar-refractivity contribution in [2.24, 2.45) is 0 Å². The van der Waals surface area contributed by atoms with Crippen molar-refractivity contribution in [2.75, 3.05) is 0 Å². The smallest absolute Gasteiger partial charge is 0.260 e. The largest absolute Gasteiger partial charge is 0.531 e. The zero-order valence-electron chi connectivity index (χ0n) is 15.4. The molecule has 0 unspecified atom stereocenters. The van der Waals surface area contributed by atoms with E-state index in [1.54, 1.807) is 0 Å². The molecule has 0 aliphatic carbocycles. The lowest BCUT2D eigenvalue weighted by Gasteiger charge is -2.30. The van der Waals surface area contributed by atoms with Crippen LogP contribution in [-0.4, -0.2) is 30.8 Å². The highest BCUT2D eigenvalue weighted by atomic mass is 28.4. The van der Waals surface area contributed by atoms with Crippen molar-refractivity contribution >= 4 is 30.8 Å². The first-order valence-electron chi connectivity index (χ1n) is 7.54. The van der Waals surface area contributed by atoms with E-state index in [0.29, 0.717) is 12.4 Å². The second kappa shape index (κ2) is 7.15. The number of nitrogens with one attached hydrogen (secondary N) is 1. The molecule has 0 fully saturated rings. The van der Waals surface area contributed by atoms with Crippen molar-refractivity contribution in [1.82, 2.24) is 0 Å². The Bertz CT molecular complexity index is 383. The topological polar surface area (TPSA) is 51.5 Å². The highest BCUT2D eigenvalue weighted by Crippen LogP contribution is 2.24. The second-order valence-corrected chi connectivity index (χ2v) is 21.4. The predicted octanol–water partition coefficient (Wildman–Crippen LogP) is 5.14. The van der Waals surface area contributed by atoms with Crippen molar-refractivity contribution in [3.63, 3.8) is 0 Å². The minimum absolute atomic E-state index is 0.211. The van der Waals surface area contributed by atoms with Crippen LogP contribution in [0.4, 0.5) is 0 Å². The summed E-state index contributed by atoms with van der Waals surface area (Å²) >= 11 is 0. The molecule has 0 rings (SSSR count). The third-order valence-electron chi connectivity index (χ3n) is 2.08. The first kappa shape index (κ1) is 20.5. The van der Waals surface area contributed by atoms with Crippen molar-refractivity contribution < 1.29 is 13.3 Å². The van der Waals surface area contributed by atoms with E-state index in [2.05, 4.69) is 58.9 Å². The van der Waals surface area contributed by atoms with Gasteiger partial charge in [0.15, 0.2) is 0 Å². The SMILES string of the molecule is CCC(C(=N)O[Si](C)(C)C)=C(O[Si](C)(C)C)O[Si](C)(C)C. The summed E-state index contributed by atoms with van der Waals surface area (Å²) < 4.78 is 18.1. The Hall–Kier alpha value is -0.539. The van der Waals surface area contributed by atoms with Crippen molar-refractivity contribution in [1.29, 1.82) is 5.41 Å². The first-order chi connectivity index (χ1) is 9.14. The van der Waals surface area contributed by atoms with E-state index in [0.717, 1.165) is 5.57 Å². The molecule has 0 aliphatic rings. The van der Waals surface area contributed by atoms with Gasteiger partial charge in [-0.05, 0) is 65.3 Å². The Balaban J connectivity index is 5.59. The number of hydrogen-bond acceptors (Lipinski definition) is 4. The highest BCUT2D eigenvalue weighted by Gasteiger charge is 2.29. The lowest BCUT2D eigenvalue weighted by Crippen LogP contribution is -2.35. The Morgan fingerprint density at radius 3 is 1.29 bits per heavy atom. The first-order valence-corrected chi connectivity index (χ1v) is 17.8. The normalized spacial score (nSPS) is 12.7. The maximum absolute atomic E-state index is 8.27. The molecule has 0 amide bonds. The molecule has 0 aromatic heterocycles. The Morgan fingerprint density at radius 1 is 0.714 bits per heavy atom. The Morgan fingerprint density at radius 2 is 1.05 bits per heavy atom. The molecule has 1 N–H and O–H groups in total. The quantitative estimate of drug-likeness (QED) is 0.300. The summed E-state index contributed by atoms with van der Waals surface area (Å²) in [4.78, 5) is 0. The maximum Gasteiger partial charge on any atom is 0.260 e. The predicted molar refractivity (Wildman–Crippen MR) is 98.3 cm³/mol. The fourth-order valence-electron chi connectivity index (χ4n) is 1.47. The molecule has 0 spiro atoms. The Kier molecular flexibility index (Phi) is 6.96. The monoisotopic (exact) mass is 347 g/mol. The highest BCUT2D eigenvalue weighted by molar-refractivity contribution is 6.72. The lowest BCUT2D eigenvalue weighted by molar-refractivity contribution is 0.210. The van der Waals surface area contributed by atoms with Crippen molar-refractivity contribution in [3.05, 3.63) is 11.5 Å². The van der Waals surface area contributed by atoms with Gasteiger partial charge in [-0.1, -0.05) is 6.92 Å². The van der Waals surface area contributed by atoms with Crippen molar-refractivity contribution in [3.8, 4) is 0 Å². The molecule has 0 radical (unpaired) electrons. The molecule has 0 saturated carbocycles. The average molecular weight is 348 g/mol. The van der Waals surface area contributed by atoms with E-state index in [9.17, 15) is 0 Å². The van der Waals surface area contributed by atoms with Gasteiger partial charge in [0.1, 0.15) is 0 Å². The second-order valence-electron chi connectivity index (χ2n) is 8.09. The van der Waals surface area contributed by atoms with E-state index in [4.69, 9.17) is 18.7 Å². The molecule has 4 nitrogen and oxygen atoms in total. The molecule has 124 valence electrons. The number of rotatable bonds is 7. The minimum Gasteiger partial charge on any atom is -0.531 e. The van der Waals surface area contributed by atoms with Gasteiger partial charge in [-0.15, -0.1) is 0 Å². The van der Waals surface area contributed by atoms with Gasteiger partial charge in [0, 0.05) is 0 Å². The van der Waals surface area contributed by atoms with Gasteiger partial charge in [-0.3, -0.25) is 5.41 Å². The van der Waals surface area contributed by atoms with Crippen LogP contribution in [0.5, 0.6) is 0 Å². The summed E-state index contributed by atoms with van der Waals surface area (Å²) in [5.41, 5.74) is 0.752. The molecular weight excluding hydrogens is 314 g/mol. The Labute approximate surface area is 133 Å². The van der Waals surface area contributed by atoms with Gasteiger partial charge in [0.2, 0.25) is 30.8 Å². The number of hydrogen-bond donors (Lipinski definition) is 1. The third-order valence-corrected chi connectivity index (χ3v) is 4.49. The molecule has 0 aromatic carbocycles. The third kappa shape index (κ3) is 9.92. The van der Waals surface area contributed by atoms with Gasteiger partial charge >= 0.3 is 0 Å². The standard InChI is InChI=1S/C14H33NO3Si3/c1-11-12(13(15)16-19(2,3)4)14(17-20(5,6)7)18-21(8,9)10/h15H,11H2,1-10H3. The molecule has 7 heteroatoms. The van der Waals surface area contributed by atoms with Crippen LogP contribution in [-0.2, 0) is 13.3 Å². The molecule has 0 bridgehead atoms. The summed E-state index contributed by atoms with van der Waals surface area (Å²) in [6.45, 7) is 21.0. The van der Waals surface area contributed by atoms with Crippen LogP contribution in [0.15, 0.2) is 11.5 Å². The van der Waals surface area contributed by atoms with Gasteiger partial charge in [0.25, 0.3) is 5.95 Å². The van der Waals surface area contributed by atoms with Gasteiger partial charge in [-0.2, -0.15) is 0 Å². The van der Waals surface area contributed by atoms with Crippen LogP contribution in [0.3, 0.4) is 0 Å². The molecule has 21 heavy (non-hydrogen) atoms. The van der Waals surface area contributed by atoms with E-state index in [1.807, 2.05) is 6.92 Å². The van der Waals surface area contributed by atoms with E-state index < -0.39 is 25.0 Å². The van der Waals surface area contributed by atoms with Crippen LogP contribution in [0.1, 0.15) is 13.3 Å². The summed E-state index contributed by atoms with van der Waals surface area (Å²) in [7, 11) is -5.42. The summed E-state index contributed by atoms with van der Waals surface area (Å²) in [5, 5.41) is 8.27. The van der Waals surface area contributed by atoms with Crippen LogP contribution >= 0.6 is 0 Å². The molecule has 0 aliphatic heterocycles. The summed E-state index contributed by atoms with van der Waals surface area (Å²) in [6.07, 6.45) is 0.674. The molecule has 0 heterocycles. The van der Waals surface area contributed by atoms with Crippen LogP contribution in [0.25, 0.3) is 0 Å². The van der Waals surface area contributed by atoms with E-state index in [-0.39, 0.29) is 5.90 Å². The average Bonchev–Trinajstić information content (AvgIpc) is 2.09. The van der Waals surface area contributed by atoms with Crippen molar-refractivity contribution in [2.45, 2.75) is 72.3 Å². The fraction of sp³-hybridized carbons (Fsp3) is 0.786. The zero-order chi connectivity index (χ0) is 17.1. The van der Waals surface area contributed by atoms with Crippen LogP contribution in [0.2, 0.25) is 58.9 Å². The molecule has 0 saturated heterocycles. The summed E-state index contributed by atoms with van der Waals surface area (Å²) in [5.74, 6) is 0.738. The fourth-order valence-corrected chi connectivity index (χ4v) is 3.73. The maximum atomic E-state index is 8.27. The molecular formula is C14H33NO3Si3. The van der Waals surface area contributed by atoms with Gasteiger partial charge < -0.3 is 13.3 Å². The van der Waals surface area contributed by atoms with Gasteiger partial charge in [-0.25, -0.2) is 0 Å². The lowest BCUT2D eigenvalue weighted by atomic mass is 10.2. The van der Waals surface area contributed by atoms with Crippen LogP contribution < -0.4 is 0 Å². The summed E-state index contributed by atoms with van der Waals surface area (Å²) in [6, 6.07) is 0. The van der Waals surface area contributed by atoms with Crippen LogP contribution in [0, 0.1) is 5.41 Å². The molecule has 0 atom stereocenters. The molecule has 0 aromatic rings.